The first-order valence-electron chi connectivity index (χ1n) is 9.50. The van der Waals surface area contributed by atoms with E-state index in [0.717, 1.165) is 0 Å². The van der Waals surface area contributed by atoms with Gasteiger partial charge in [-0.3, -0.25) is 0 Å². The van der Waals surface area contributed by atoms with Crippen LogP contribution in [0.25, 0.3) is 0 Å². The molecule has 7 heteroatoms. The lowest BCUT2D eigenvalue weighted by atomic mass is 10.3. The minimum Gasteiger partial charge on any atom is -0.394 e. The van der Waals surface area contributed by atoms with Crippen LogP contribution in [0.5, 0.6) is 0 Å². The zero-order chi connectivity index (χ0) is 19.9. The minimum atomic E-state index is -0.170. The Hall–Kier alpha value is -0.280. The summed E-state index contributed by atoms with van der Waals surface area (Å²) < 4.78 is 33.4. The lowest BCUT2D eigenvalue weighted by Crippen LogP contribution is -2.29. The number of rotatable bonds is 17. The molecule has 1 N–H and O–H groups in total. The molecule has 0 heterocycles. The molecule has 7 nitrogen and oxygen atoms in total. The van der Waals surface area contributed by atoms with Crippen LogP contribution in [0.4, 0.5) is 0 Å². The Labute approximate surface area is 159 Å². The summed E-state index contributed by atoms with van der Waals surface area (Å²) in [5.41, 5.74) is 0. The topological polar surface area (TPSA) is 75.6 Å². The first kappa shape index (κ1) is 25.7. The molecule has 0 saturated heterocycles. The fourth-order valence-corrected chi connectivity index (χ4v) is 1.81. The number of ether oxygens (including phenoxy) is 6. The number of hydrogen-bond acceptors (Lipinski definition) is 7. The molecule has 0 bridgehead atoms. The Balaban J connectivity index is 3.72. The van der Waals surface area contributed by atoms with Gasteiger partial charge in [0.2, 0.25) is 0 Å². The van der Waals surface area contributed by atoms with E-state index in [1.807, 2.05) is 41.5 Å². The molecule has 0 aliphatic carbocycles. The van der Waals surface area contributed by atoms with Crippen molar-refractivity contribution < 1.29 is 33.5 Å². The van der Waals surface area contributed by atoms with E-state index in [0.29, 0.717) is 33.0 Å². The molecule has 0 saturated carbocycles. The van der Waals surface area contributed by atoms with Crippen LogP contribution in [0, 0.1) is 0 Å². The van der Waals surface area contributed by atoms with Gasteiger partial charge in [0.1, 0.15) is 0 Å². The Kier molecular flexibility index (Phi) is 15.6. The highest BCUT2D eigenvalue weighted by Gasteiger charge is 2.12. The highest BCUT2D eigenvalue weighted by atomic mass is 16.6. The molecule has 0 spiro atoms. The van der Waals surface area contributed by atoms with E-state index in [2.05, 4.69) is 0 Å². The molecule has 0 aromatic carbocycles. The third kappa shape index (κ3) is 14.8. The van der Waals surface area contributed by atoms with Gasteiger partial charge in [0, 0.05) is 7.11 Å². The molecule has 0 rings (SSSR count). The van der Waals surface area contributed by atoms with Gasteiger partial charge in [-0.25, -0.2) is 0 Å². The van der Waals surface area contributed by atoms with Crippen LogP contribution in [0.2, 0.25) is 0 Å². The number of aliphatic hydroxyl groups excluding tert-OH is 1. The van der Waals surface area contributed by atoms with Crippen molar-refractivity contribution in [2.24, 2.45) is 0 Å². The van der Waals surface area contributed by atoms with Gasteiger partial charge in [-0.15, -0.1) is 0 Å². The molecule has 0 amide bonds. The molecule has 0 aliphatic heterocycles. The Morgan fingerprint density at radius 2 is 0.769 bits per heavy atom. The Morgan fingerprint density at radius 3 is 1.04 bits per heavy atom. The van der Waals surface area contributed by atoms with E-state index < -0.39 is 0 Å². The summed E-state index contributed by atoms with van der Waals surface area (Å²) in [6.07, 6.45) is -0.172. The molecule has 0 fully saturated rings. The summed E-state index contributed by atoms with van der Waals surface area (Å²) in [4.78, 5) is 0. The Morgan fingerprint density at radius 1 is 0.500 bits per heavy atom. The smallest absolute Gasteiger partial charge is 0.0781 e. The summed E-state index contributed by atoms with van der Waals surface area (Å²) in [6, 6.07) is 0. The fraction of sp³-hybridized carbons (Fsp3) is 1.00. The first-order chi connectivity index (χ1) is 12.3. The maximum Gasteiger partial charge on any atom is 0.0781 e. The van der Waals surface area contributed by atoms with Gasteiger partial charge < -0.3 is 33.5 Å². The normalized spacial score (nSPS) is 18.9. The fourth-order valence-electron chi connectivity index (χ4n) is 1.81. The summed E-state index contributed by atoms with van der Waals surface area (Å²) in [6.45, 7) is 14.2. The maximum atomic E-state index is 8.92. The van der Waals surface area contributed by atoms with Crippen LogP contribution in [0.1, 0.15) is 41.5 Å². The second-order valence-electron chi connectivity index (χ2n) is 6.95. The summed E-state index contributed by atoms with van der Waals surface area (Å²) in [5, 5.41) is 8.92. The molecule has 26 heavy (non-hydrogen) atoms. The highest BCUT2D eigenvalue weighted by molar-refractivity contribution is 4.58. The molecule has 0 aromatic rings. The third-order valence-corrected chi connectivity index (χ3v) is 3.74. The van der Waals surface area contributed by atoms with E-state index in [-0.39, 0.29) is 43.2 Å². The zero-order valence-corrected chi connectivity index (χ0v) is 17.6. The minimum absolute atomic E-state index is 0.0120. The lowest BCUT2D eigenvalue weighted by Gasteiger charge is -2.22. The van der Waals surface area contributed by atoms with Crippen molar-refractivity contribution in [3.05, 3.63) is 0 Å². The van der Waals surface area contributed by atoms with Gasteiger partial charge in [-0.1, -0.05) is 0 Å². The standard InChI is InChI=1S/C19H40O7/c1-14(8-20)22-10-16(3)24-12-18(5)26-13-19(6)25-11-17(4)23-9-15(2)21-7/h14-20H,8-13H2,1-7H3. The van der Waals surface area contributed by atoms with Crippen LogP contribution < -0.4 is 0 Å². The average Bonchev–Trinajstić information content (AvgIpc) is 2.64. The van der Waals surface area contributed by atoms with Crippen molar-refractivity contribution in [1.29, 1.82) is 0 Å². The predicted octanol–water partition coefficient (Wildman–Crippen LogP) is 2.04. The number of hydrogen-bond donors (Lipinski definition) is 1. The van der Waals surface area contributed by atoms with Gasteiger partial charge >= 0.3 is 0 Å². The van der Waals surface area contributed by atoms with Crippen LogP contribution in [0.15, 0.2) is 0 Å². The quantitative estimate of drug-likeness (QED) is 0.414. The molecular formula is C19H40O7. The second kappa shape index (κ2) is 15.7. The highest BCUT2D eigenvalue weighted by Crippen LogP contribution is 2.03. The van der Waals surface area contributed by atoms with E-state index in [1.54, 1.807) is 7.11 Å². The van der Waals surface area contributed by atoms with Crippen molar-refractivity contribution >= 4 is 0 Å². The average molecular weight is 381 g/mol. The van der Waals surface area contributed by atoms with Crippen LogP contribution in [0.3, 0.4) is 0 Å². The lowest BCUT2D eigenvalue weighted by molar-refractivity contribution is -0.101. The monoisotopic (exact) mass is 380 g/mol. The maximum absolute atomic E-state index is 8.92. The van der Waals surface area contributed by atoms with Crippen molar-refractivity contribution in [1.82, 2.24) is 0 Å². The van der Waals surface area contributed by atoms with Gasteiger partial charge in [0.05, 0.1) is 76.3 Å². The second-order valence-corrected chi connectivity index (χ2v) is 6.95. The number of aliphatic hydroxyl groups is 1. The molecule has 0 radical (unpaired) electrons. The van der Waals surface area contributed by atoms with Crippen LogP contribution in [-0.2, 0) is 28.4 Å². The molecule has 6 atom stereocenters. The van der Waals surface area contributed by atoms with Crippen LogP contribution >= 0.6 is 0 Å². The van der Waals surface area contributed by atoms with E-state index >= 15 is 0 Å². The third-order valence-electron chi connectivity index (χ3n) is 3.74. The van der Waals surface area contributed by atoms with Gasteiger partial charge in [-0.2, -0.15) is 0 Å². The van der Waals surface area contributed by atoms with Crippen LogP contribution in [-0.4, -0.2) is 88.5 Å². The number of methoxy groups -OCH3 is 1. The zero-order valence-electron chi connectivity index (χ0n) is 17.6. The first-order valence-corrected chi connectivity index (χ1v) is 9.50. The van der Waals surface area contributed by atoms with Gasteiger partial charge in [-0.05, 0) is 41.5 Å². The van der Waals surface area contributed by atoms with E-state index in [9.17, 15) is 0 Å². The summed E-state index contributed by atoms with van der Waals surface area (Å²) >= 11 is 0. The molecule has 6 unspecified atom stereocenters. The van der Waals surface area contributed by atoms with Gasteiger partial charge in [0.25, 0.3) is 0 Å². The van der Waals surface area contributed by atoms with Crippen molar-refractivity contribution in [3.63, 3.8) is 0 Å². The predicted molar refractivity (Wildman–Crippen MR) is 101 cm³/mol. The van der Waals surface area contributed by atoms with E-state index in [4.69, 9.17) is 33.5 Å². The van der Waals surface area contributed by atoms with Gasteiger partial charge in [0.15, 0.2) is 0 Å². The molecule has 158 valence electrons. The summed E-state index contributed by atoms with van der Waals surface area (Å²) in [5.74, 6) is 0. The summed E-state index contributed by atoms with van der Waals surface area (Å²) in [7, 11) is 1.67. The van der Waals surface area contributed by atoms with E-state index in [1.165, 1.54) is 0 Å². The molecular weight excluding hydrogens is 340 g/mol. The Bertz CT molecular complexity index is 286. The SMILES string of the molecule is COC(C)COC(C)COC(C)COC(C)COC(C)COC(C)CO. The van der Waals surface area contributed by atoms with Crippen molar-refractivity contribution in [3.8, 4) is 0 Å². The largest absolute Gasteiger partial charge is 0.394 e. The molecule has 0 aliphatic rings. The molecule has 0 aromatic heterocycles. The van der Waals surface area contributed by atoms with Crippen molar-refractivity contribution in [2.75, 3.05) is 46.8 Å². The van der Waals surface area contributed by atoms with Crippen molar-refractivity contribution in [2.45, 2.75) is 78.2 Å².